The Morgan fingerprint density at radius 3 is 2.41 bits per heavy atom. The van der Waals surface area contributed by atoms with E-state index < -0.39 is 16.0 Å². The van der Waals surface area contributed by atoms with Crippen LogP contribution in [-0.2, 0) is 26.0 Å². The predicted molar refractivity (Wildman–Crippen MR) is 99.7 cm³/mol. The van der Waals surface area contributed by atoms with E-state index >= 15 is 0 Å². The van der Waals surface area contributed by atoms with Crippen LogP contribution in [-0.4, -0.2) is 50.8 Å². The van der Waals surface area contributed by atoms with Crippen molar-refractivity contribution < 1.29 is 27.5 Å². The van der Waals surface area contributed by atoms with Crippen molar-refractivity contribution in [1.82, 2.24) is 4.31 Å². The Balaban J connectivity index is 1.63. The normalized spacial score (nSPS) is 15.4. The van der Waals surface area contributed by atoms with Crippen molar-refractivity contribution in [2.45, 2.75) is 17.6 Å². The van der Waals surface area contributed by atoms with Crippen LogP contribution in [0.3, 0.4) is 0 Å². The topological polar surface area (TPSA) is 90.0 Å². The molecule has 0 spiro atoms. The number of sulfonamides is 1. The monoisotopic (exact) mass is 409 g/mol. The fourth-order valence-corrected chi connectivity index (χ4v) is 5.48. The van der Waals surface area contributed by atoms with E-state index in [1.54, 1.807) is 30.3 Å². The highest BCUT2D eigenvalue weighted by molar-refractivity contribution is 7.91. The molecule has 3 rings (SSSR count). The zero-order valence-electron chi connectivity index (χ0n) is 14.7. The average Bonchev–Trinajstić information content (AvgIpc) is 3.12. The predicted octanol–water partition coefficient (Wildman–Crippen LogP) is 2.12. The molecule has 1 saturated heterocycles. The van der Waals surface area contributed by atoms with Gasteiger partial charge in [-0.3, -0.25) is 9.59 Å². The lowest BCUT2D eigenvalue weighted by Gasteiger charge is -2.25. The molecule has 0 aliphatic carbocycles. The minimum Gasteiger partial charge on any atom is -0.426 e. The maximum absolute atomic E-state index is 12.6. The Morgan fingerprint density at radius 1 is 1.11 bits per heavy atom. The summed E-state index contributed by atoms with van der Waals surface area (Å²) in [5.41, 5.74) is 0.533. The molecule has 0 unspecified atom stereocenters. The summed E-state index contributed by atoms with van der Waals surface area (Å²) in [6, 6.07) is 9.42. The quantitative estimate of drug-likeness (QED) is 0.412. The lowest BCUT2D eigenvalue weighted by atomic mass is 10.1. The van der Waals surface area contributed by atoms with Crippen LogP contribution < -0.4 is 4.74 Å². The third-order valence-corrected chi connectivity index (χ3v) is 7.46. The molecule has 0 radical (unpaired) electrons. The maximum atomic E-state index is 12.6. The van der Waals surface area contributed by atoms with Gasteiger partial charge in [0.2, 0.25) is 0 Å². The molecular weight excluding hydrogens is 390 g/mol. The number of ketones is 1. The summed E-state index contributed by atoms with van der Waals surface area (Å²) < 4.78 is 37.2. The van der Waals surface area contributed by atoms with Crippen molar-refractivity contribution >= 4 is 33.1 Å². The number of nitrogens with zero attached hydrogens (tertiary/aromatic N) is 1. The highest BCUT2D eigenvalue weighted by atomic mass is 32.2. The Labute approximate surface area is 161 Å². The molecule has 144 valence electrons. The molecule has 0 bridgehead atoms. The van der Waals surface area contributed by atoms with Crippen LogP contribution >= 0.6 is 11.3 Å². The highest BCUT2D eigenvalue weighted by Gasteiger charge is 2.28. The molecule has 1 aliphatic heterocycles. The van der Waals surface area contributed by atoms with Gasteiger partial charge in [0.1, 0.15) is 9.96 Å². The average molecular weight is 409 g/mol. The number of morpholine rings is 1. The summed E-state index contributed by atoms with van der Waals surface area (Å²) in [5, 5.41) is 0. The Kier molecular flexibility index (Phi) is 6.05. The van der Waals surface area contributed by atoms with Gasteiger partial charge < -0.3 is 9.47 Å². The van der Waals surface area contributed by atoms with Gasteiger partial charge in [0.15, 0.2) is 5.78 Å². The third-order valence-electron chi connectivity index (χ3n) is 4.01. The second-order valence-electron chi connectivity index (χ2n) is 5.97. The largest absolute Gasteiger partial charge is 0.426 e. The lowest BCUT2D eigenvalue weighted by Crippen LogP contribution is -2.40. The summed E-state index contributed by atoms with van der Waals surface area (Å²) in [6.45, 7) is 2.88. The number of Topliss-reactive ketones (excluding diaryl/α,β-unsaturated/α-hetero) is 1. The van der Waals surface area contributed by atoms with Gasteiger partial charge in [-0.2, -0.15) is 4.31 Å². The standard InChI is InChI=1S/C18H19NO6S2/c1-13(20)14-2-4-15(5-3-14)25-17(21)12-16-6-7-18(26-16)27(22,23)19-8-10-24-11-9-19/h2-7H,8-12H2,1H3. The number of benzene rings is 1. The maximum Gasteiger partial charge on any atom is 0.316 e. The van der Waals surface area contributed by atoms with Gasteiger partial charge in [-0.1, -0.05) is 0 Å². The lowest BCUT2D eigenvalue weighted by molar-refractivity contribution is -0.133. The molecule has 0 N–H and O–H groups in total. The Bertz CT molecular complexity index is 927. The first-order valence-electron chi connectivity index (χ1n) is 8.34. The van der Waals surface area contributed by atoms with Crippen molar-refractivity contribution in [3.63, 3.8) is 0 Å². The summed E-state index contributed by atoms with van der Waals surface area (Å²) in [4.78, 5) is 24.0. The highest BCUT2D eigenvalue weighted by Crippen LogP contribution is 2.26. The van der Waals surface area contributed by atoms with Gasteiger partial charge >= 0.3 is 5.97 Å². The van der Waals surface area contributed by atoms with E-state index in [-0.39, 0.29) is 16.4 Å². The summed E-state index contributed by atoms with van der Waals surface area (Å²) >= 11 is 1.06. The fourth-order valence-electron chi connectivity index (χ4n) is 2.57. The minimum absolute atomic E-state index is 0.0300. The second-order valence-corrected chi connectivity index (χ2v) is 9.30. The summed E-state index contributed by atoms with van der Waals surface area (Å²) in [6.07, 6.45) is -0.0300. The molecule has 1 fully saturated rings. The van der Waals surface area contributed by atoms with E-state index in [0.717, 1.165) is 11.3 Å². The number of carbonyl (C=O) groups is 2. The van der Waals surface area contributed by atoms with Crippen LogP contribution in [0.1, 0.15) is 22.2 Å². The SMILES string of the molecule is CC(=O)c1ccc(OC(=O)Cc2ccc(S(=O)(=O)N3CCOCC3)s2)cc1. The molecule has 1 aromatic heterocycles. The number of rotatable bonds is 6. The molecular formula is C18H19NO6S2. The van der Waals surface area contributed by atoms with Gasteiger partial charge in [0, 0.05) is 23.5 Å². The minimum atomic E-state index is -3.56. The molecule has 2 aromatic rings. The first-order valence-corrected chi connectivity index (χ1v) is 10.6. The zero-order chi connectivity index (χ0) is 19.4. The van der Waals surface area contributed by atoms with Crippen molar-refractivity contribution in [2.75, 3.05) is 26.3 Å². The van der Waals surface area contributed by atoms with E-state index in [4.69, 9.17) is 9.47 Å². The van der Waals surface area contributed by atoms with Crippen LogP contribution in [0.4, 0.5) is 0 Å². The molecule has 27 heavy (non-hydrogen) atoms. The van der Waals surface area contributed by atoms with Crippen LogP contribution in [0.5, 0.6) is 5.75 Å². The number of carbonyl (C=O) groups excluding carboxylic acids is 2. The first-order chi connectivity index (χ1) is 12.9. The number of esters is 1. The van der Waals surface area contributed by atoms with Crippen molar-refractivity contribution in [3.05, 3.63) is 46.8 Å². The number of thiophene rings is 1. The van der Waals surface area contributed by atoms with Crippen LogP contribution in [0, 0.1) is 0 Å². The smallest absolute Gasteiger partial charge is 0.316 e. The van der Waals surface area contributed by atoms with Crippen molar-refractivity contribution in [1.29, 1.82) is 0 Å². The summed E-state index contributed by atoms with van der Waals surface area (Å²) in [5.74, 6) is -0.231. The fraction of sp³-hybridized carbons (Fsp3) is 0.333. The Morgan fingerprint density at radius 2 is 1.78 bits per heavy atom. The van der Waals surface area contributed by atoms with Crippen LogP contribution in [0.2, 0.25) is 0 Å². The number of ether oxygens (including phenoxy) is 2. The molecule has 2 heterocycles. The van der Waals surface area contributed by atoms with Gasteiger partial charge in [-0.15, -0.1) is 11.3 Å². The van der Waals surface area contributed by atoms with Gasteiger partial charge in [-0.05, 0) is 43.3 Å². The molecule has 1 aromatic carbocycles. The molecule has 0 atom stereocenters. The van der Waals surface area contributed by atoms with E-state index in [9.17, 15) is 18.0 Å². The Hall–Kier alpha value is -2.07. The molecule has 1 aliphatic rings. The molecule has 7 nitrogen and oxygen atoms in total. The second kappa shape index (κ2) is 8.30. The van der Waals surface area contributed by atoms with E-state index in [1.165, 1.54) is 17.3 Å². The van der Waals surface area contributed by atoms with E-state index in [0.29, 0.717) is 42.5 Å². The van der Waals surface area contributed by atoms with E-state index in [1.807, 2.05) is 0 Å². The number of hydrogen-bond donors (Lipinski definition) is 0. The molecule has 0 amide bonds. The van der Waals surface area contributed by atoms with Crippen molar-refractivity contribution in [2.24, 2.45) is 0 Å². The van der Waals surface area contributed by atoms with Gasteiger partial charge in [0.25, 0.3) is 10.0 Å². The summed E-state index contributed by atoms with van der Waals surface area (Å²) in [7, 11) is -3.56. The third kappa shape index (κ3) is 4.81. The van der Waals surface area contributed by atoms with Gasteiger partial charge in [0.05, 0.1) is 19.6 Å². The van der Waals surface area contributed by atoms with Gasteiger partial charge in [-0.25, -0.2) is 8.42 Å². The molecule has 9 heteroatoms. The van der Waals surface area contributed by atoms with Crippen LogP contribution in [0.25, 0.3) is 0 Å². The zero-order valence-corrected chi connectivity index (χ0v) is 16.3. The molecule has 0 saturated carbocycles. The van der Waals surface area contributed by atoms with Crippen LogP contribution in [0.15, 0.2) is 40.6 Å². The first kappa shape index (κ1) is 19.7. The van der Waals surface area contributed by atoms with E-state index in [2.05, 4.69) is 0 Å². The number of hydrogen-bond acceptors (Lipinski definition) is 7. The van der Waals surface area contributed by atoms with Crippen molar-refractivity contribution in [3.8, 4) is 5.75 Å².